The number of aliphatic hydroxyl groups excluding tert-OH is 3. The van der Waals surface area contributed by atoms with Crippen LogP contribution in [0.15, 0.2) is 30.3 Å². The number of carbonyl (C=O) groups is 3. The highest BCUT2D eigenvalue weighted by Gasteiger charge is 2.47. The summed E-state index contributed by atoms with van der Waals surface area (Å²) in [6, 6.07) is 7.82. The van der Waals surface area contributed by atoms with E-state index in [0.29, 0.717) is 6.42 Å². The average molecular weight is 730 g/mol. The zero-order valence-corrected chi connectivity index (χ0v) is 30.1. The lowest BCUT2D eigenvalue weighted by Crippen LogP contribution is -2.60. The topological polar surface area (TPSA) is 182 Å². The van der Waals surface area contributed by atoms with Gasteiger partial charge < -0.3 is 49.6 Å². The second-order valence-corrected chi connectivity index (χ2v) is 13.9. The molecule has 1 aliphatic heterocycles. The second-order valence-electron chi connectivity index (χ2n) is 13.1. The number of carbonyl (C=O) groups excluding carboxylic acids is 3. The third-order valence-corrected chi connectivity index (χ3v) is 8.23. The number of esters is 1. The smallest absolute Gasteiger partial charge is 0.408 e. The number of benzene rings is 2. The maximum atomic E-state index is 13.2. The van der Waals surface area contributed by atoms with Crippen LogP contribution >= 0.6 is 23.2 Å². The van der Waals surface area contributed by atoms with Crippen LogP contribution in [-0.4, -0.2) is 89.4 Å². The summed E-state index contributed by atoms with van der Waals surface area (Å²) in [5, 5.41) is 35.8. The quantitative estimate of drug-likeness (QED) is 0.188. The lowest BCUT2D eigenvalue weighted by molar-refractivity contribution is -0.293. The fraction of sp³-hybridized carbons (Fsp3) is 0.559. The summed E-state index contributed by atoms with van der Waals surface area (Å²) < 4.78 is 27.3. The summed E-state index contributed by atoms with van der Waals surface area (Å²) in [6.45, 7) is 10.4. The maximum Gasteiger partial charge on any atom is 0.408 e. The number of amides is 2. The number of alkyl carbamates (subject to hydrolysis) is 1. The van der Waals surface area contributed by atoms with Crippen molar-refractivity contribution in [2.24, 2.45) is 5.92 Å². The standard InChI is InChI=1S/C34H46Cl2N2O11/c1-17(2)11-23(38-33(44)49-34(4,5)6)30(42)37-14-19-9-8-10-20(12-19)16-46-28-22(35)13-21(18(3)25(28)36)31(43)48-29-27(41)26(40)24(15-39)47-32(29)45-7/h8-10,12-13,17,23-24,26-27,29,32,39-41H,11,14-16H2,1-7H3,(H,37,42)(H,38,44)/t23-,24+,26+,27-,29+,32-/m0/s1. The Kier molecular flexibility index (Phi) is 14.5. The fourth-order valence-corrected chi connectivity index (χ4v) is 5.61. The molecule has 0 bridgehead atoms. The second kappa shape index (κ2) is 17.7. The third kappa shape index (κ3) is 11.2. The molecule has 49 heavy (non-hydrogen) atoms. The van der Waals surface area contributed by atoms with Crippen LogP contribution in [0.4, 0.5) is 4.79 Å². The number of methoxy groups -OCH3 is 1. The number of ether oxygens (including phenoxy) is 5. The molecule has 5 N–H and O–H groups in total. The number of hydrogen-bond donors (Lipinski definition) is 5. The number of halogens is 2. The monoisotopic (exact) mass is 728 g/mol. The first kappa shape index (κ1) is 40.3. The van der Waals surface area contributed by atoms with Crippen LogP contribution in [0.1, 0.15) is 68.1 Å². The normalized spacial score (nSPS) is 21.5. The van der Waals surface area contributed by atoms with Gasteiger partial charge >= 0.3 is 12.1 Å². The van der Waals surface area contributed by atoms with Gasteiger partial charge in [0, 0.05) is 13.7 Å². The van der Waals surface area contributed by atoms with E-state index in [2.05, 4.69) is 10.6 Å². The van der Waals surface area contributed by atoms with Gasteiger partial charge in [-0.3, -0.25) is 4.79 Å². The van der Waals surface area contributed by atoms with Crippen molar-refractivity contribution < 1.29 is 53.4 Å². The van der Waals surface area contributed by atoms with E-state index in [9.17, 15) is 29.7 Å². The molecule has 2 aromatic carbocycles. The first-order valence-corrected chi connectivity index (χ1v) is 16.5. The Balaban J connectivity index is 1.66. The van der Waals surface area contributed by atoms with Gasteiger partial charge in [-0.25, -0.2) is 9.59 Å². The number of rotatable bonds is 13. The number of aliphatic hydroxyl groups is 3. The molecule has 15 heteroatoms. The van der Waals surface area contributed by atoms with Gasteiger partial charge in [0.15, 0.2) is 18.1 Å². The molecule has 1 heterocycles. The summed E-state index contributed by atoms with van der Waals surface area (Å²) in [6.07, 6.45) is -7.18. The Morgan fingerprint density at radius 1 is 1.06 bits per heavy atom. The molecule has 0 aliphatic carbocycles. The van der Waals surface area contributed by atoms with Crippen LogP contribution in [0.25, 0.3) is 0 Å². The zero-order chi connectivity index (χ0) is 36.6. The van der Waals surface area contributed by atoms with Crippen molar-refractivity contribution >= 4 is 41.2 Å². The lowest BCUT2D eigenvalue weighted by Gasteiger charge is -2.40. The zero-order valence-electron chi connectivity index (χ0n) is 28.6. The van der Waals surface area contributed by atoms with Crippen LogP contribution in [0, 0.1) is 12.8 Å². The van der Waals surface area contributed by atoms with Gasteiger partial charge in [0.05, 0.1) is 22.2 Å². The Morgan fingerprint density at radius 3 is 2.35 bits per heavy atom. The van der Waals surface area contributed by atoms with Gasteiger partial charge in [-0.05, 0) is 62.8 Å². The molecule has 1 aliphatic rings. The van der Waals surface area contributed by atoms with Gasteiger partial charge in [0.2, 0.25) is 5.91 Å². The Bertz CT molecular complexity index is 1460. The summed E-state index contributed by atoms with van der Waals surface area (Å²) in [5.74, 6) is -0.991. The summed E-state index contributed by atoms with van der Waals surface area (Å²) >= 11 is 13.1. The maximum absolute atomic E-state index is 13.2. The molecule has 1 saturated heterocycles. The van der Waals surface area contributed by atoms with E-state index in [-0.39, 0.29) is 51.9 Å². The molecule has 0 unspecified atom stereocenters. The minimum atomic E-state index is -1.60. The van der Waals surface area contributed by atoms with Gasteiger partial charge in [-0.2, -0.15) is 0 Å². The molecule has 3 rings (SSSR count). The summed E-state index contributed by atoms with van der Waals surface area (Å²) in [5.41, 5.74) is 1.08. The predicted octanol–water partition coefficient (Wildman–Crippen LogP) is 4.05. The molecule has 0 radical (unpaired) electrons. The molecule has 2 amide bonds. The Morgan fingerprint density at radius 2 is 1.73 bits per heavy atom. The Labute approximate surface area is 296 Å². The van der Waals surface area contributed by atoms with Crippen LogP contribution in [-0.2, 0) is 36.9 Å². The van der Waals surface area contributed by atoms with Crippen LogP contribution in [0.3, 0.4) is 0 Å². The van der Waals surface area contributed by atoms with Gasteiger partial charge in [-0.1, -0.05) is 61.3 Å². The number of hydrogen-bond acceptors (Lipinski definition) is 11. The van der Waals surface area contributed by atoms with E-state index in [1.54, 1.807) is 33.8 Å². The molecule has 13 nitrogen and oxygen atoms in total. The Hall–Kier alpha value is -3.17. The molecule has 1 fully saturated rings. The molecule has 2 aromatic rings. The van der Waals surface area contributed by atoms with E-state index in [0.717, 1.165) is 11.1 Å². The van der Waals surface area contributed by atoms with E-state index >= 15 is 0 Å². The van der Waals surface area contributed by atoms with Crippen LogP contribution < -0.4 is 15.4 Å². The molecule has 0 saturated carbocycles. The minimum absolute atomic E-state index is 0.0159. The van der Waals surface area contributed by atoms with Crippen molar-refractivity contribution in [2.75, 3.05) is 13.7 Å². The highest BCUT2D eigenvalue weighted by Crippen LogP contribution is 2.39. The molecule has 272 valence electrons. The van der Waals surface area contributed by atoms with E-state index in [1.165, 1.54) is 13.2 Å². The first-order valence-electron chi connectivity index (χ1n) is 15.8. The van der Waals surface area contributed by atoms with Crippen LogP contribution in [0.5, 0.6) is 5.75 Å². The highest BCUT2D eigenvalue weighted by atomic mass is 35.5. The highest BCUT2D eigenvalue weighted by molar-refractivity contribution is 6.38. The average Bonchev–Trinajstić information content (AvgIpc) is 3.02. The summed E-state index contributed by atoms with van der Waals surface area (Å²) in [4.78, 5) is 38.5. The van der Waals surface area contributed by atoms with E-state index in [4.69, 9.17) is 46.9 Å². The van der Waals surface area contributed by atoms with Crippen molar-refractivity contribution in [1.29, 1.82) is 0 Å². The molecule has 0 aromatic heterocycles. The first-order chi connectivity index (χ1) is 22.9. The van der Waals surface area contributed by atoms with Crippen molar-refractivity contribution in [3.63, 3.8) is 0 Å². The SMILES string of the molecule is CO[C@H]1O[C@H](CO)[C@@H](O)[C@H](O)[C@H]1OC(=O)c1cc(Cl)c(OCc2cccc(CNC(=O)[C@H](CC(C)C)NC(=O)OC(C)(C)C)c2)c(Cl)c1C. The van der Waals surface area contributed by atoms with Crippen molar-refractivity contribution in [2.45, 2.75) is 103 Å². The minimum Gasteiger partial charge on any atom is -0.486 e. The molecule has 0 spiro atoms. The molecule has 6 atom stereocenters. The lowest BCUT2D eigenvalue weighted by atomic mass is 9.99. The van der Waals surface area contributed by atoms with Gasteiger partial charge in [-0.15, -0.1) is 0 Å². The number of nitrogens with one attached hydrogen (secondary N) is 2. The van der Waals surface area contributed by atoms with E-state index in [1.807, 2.05) is 32.0 Å². The van der Waals surface area contributed by atoms with E-state index < -0.39 is 61.0 Å². The predicted molar refractivity (Wildman–Crippen MR) is 180 cm³/mol. The molecular formula is C34H46Cl2N2O11. The van der Waals surface area contributed by atoms with Crippen molar-refractivity contribution in [3.8, 4) is 5.75 Å². The largest absolute Gasteiger partial charge is 0.486 e. The fourth-order valence-electron chi connectivity index (χ4n) is 5.05. The van der Waals surface area contributed by atoms with Gasteiger partial charge in [0.1, 0.15) is 36.6 Å². The van der Waals surface area contributed by atoms with Crippen molar-refractivity contribution in [1.82, 2.24) is 10.6 Å². The molecular weight excluding hydrogens is 683 g/mol. The third-order valence-electron chi connectivity index (χ3n) is 7.50. The summed E-state index contributed by atoms with van der Waals surface area (Å²) in [7, 11) is 1.26. The van der Waals surface area contributed by atoms with Gasteiger partial charge in [0.25, 0.3) is 0 Å². The van der Waals surface area contributed by atoms with Crippen LogP contribution in [0.2, 0.25) is 10.0 Å². The van der Waals surface area contributed by atoms with Crippen molar-refractivity contribution in [3.05, 3.63) is 62.6 Å².